The maximum Gasteiger partial charge on any atom is 0.348 e. The number of Topliss-reactive ketones (excluding diaryl/α,β-unsaturated/α-hetero) is 1. The summed E-state index contributed by atoms with van der Waals surface area (Å²) >= 11 is 0. The van der Waals surface area contributed by atoms with Crippen molar-refractivity contribution in [2.24, 2.45) is 0 Å². The third kappa shape index (κ3) is 4.73. The number of hydrogen-bond acceptors (Lipinski definition) is 5. The highest BCUT2D eigenvalue weighted by atomic mass is 19.1. The van der Waals surface area contributed by atoms with Crippen molar-refractivity contribution in [3.8, 4) is 11.5 Å². The van der Waals surface area contributed by atoms with Gasteiger partial charge in [0.2, 0.25) is 5.78 Å². The molecule has 1 atom stereocenters. The Kier molecular flexibility index (Phi) is 6.65. The SMILES string of the molecule is CCOC(=O)C(F)C(=O)c1cc(OCC)cc(OCC)c1. The molecule has 0 bridgehead atoms. The Hall–Kier alpha value is -2.11. The third-order valence-corrected chi connectivity index (χ3v) is 2.51. The molecule has 1 rings (SSSR count). The van der Waals surface area contributed by atoms with Crippen LogP contribution >= 0.6 is 0 Å². The lowest BCUT2D eigenvalue weighted by Crippen LogP contribution is -2.28. The Morgan fingerprint density at radius 1 is 1.00 bits per heavy atom. The lowest BCUT2D eigenvalue weighted by Gasteiger charge is -2.11. The lowest BCUT2D eigenvalue weighted by atomic mass is 10.1. The van der Waals surface area contributed by atoms with Crippen LogP contribution in [-0.4, -0.2) is 37.7 Å². The number of carbonyl (C=O) groups is 2. The number of alkyl halides is 1. The molecule has 0 aromatic heterocycles. The van der Waals surface area contributed by atoms with E-state index in [2.05, 4.69) is 4.74 Å². The molecular formula is C15H19FO5. The van der Waals surface area contributed by atoms with E-state index < -0.39 is 17.9 Å². The van der Waals surface area contributed by atoms with Crippen molar-refractivity contribution in [2.45, 2.75) is 26.9 Å². The minimum atomic E-state index is -2.35. The fourth-order valence-electron chi connectivity index (χ4n) is 1.68. The number of halogens is 1. The average molecular weight is 298 g/mol. The van der Waals surface area contributed by atoms with E-state index in [0.717, 1.165) is 0 Å². The predicted molar refractivity (Wildman–Crippen MR) is 74.6 cm³/mol. The molecule has 0 aliphatic heterocycles. The Labute approximate surface area is 123 Å². The van der Waals surface area contributed by atoms with E-state index in [-0.39, 0.29) is 12.2 Å². The van der Waals surface area contributed by atoms with E-state index in [4.69, 9.17) is 9.47 Å². The molecule has 0 amide bonds. The van der Waals surface area contributed by atoms with Gasteiger partial charge in [0, 0.05) is 11.6 Å². The van der Waals surface area contributed by atoms with E-state index >= 15 is 0 Å². The van der Waals surface area contributed by atoms with Crippen LogP contribution in [0.25, 0.3) is 0 Å². The molecule has 1 aromatic carbocycles. The monoisotopic (exact) mass is 298 g/mol. The van der Waals surface area contributed by atoms with Gasteiger partial charge in [-0.1, -0.05) is 0 Å². The van der Waals surface area contributed by atoms with Gasteiger partial charge in [-0.3, -0.25) is 4.79 Å². The average Bonchev–Trinajstić information content (AvgIpc) is 2.46. The molecule has 0 aliphatic rings. The molecule has 0 saturated heterocycles. The smallest absolute Gasteiger partial charge is 0.348 e. The summed E-state index contributed by atoms with van der Waals surface area (Å²) in [6.45, 7) is 5.89. The van der Waals surface area contributed by atoms with Crippen molar-refractivity contribution < 1.29 is 28.2 Å². The van der Waals surface area contributed by atoms with Gasteiger partial charge in [-0.05, 0) is 32.9 Å². The summed E-state index contributed by atoms with van der Waals surface area (Å²) in [7, 11) is 0. The highest BCUT2D eigenvalue weighted by Crippen LogP contribution is 2.24. The minimum absolute atomic E-state index is 0.00459. The predicted octanol–water partition coefficient (Wildman–Crippen LogP) is 2.57. The lowest BCUT2D eigenvalue weighted by molar-refractivity contribution is -0.147. The van der Waals surface area contributed by atoms with Crippen molar-refractivity contribution in [3.05, 3.63) is 23.8 Å². The van der Waals surface area contributed by atoms with Gasteiger partial charge in [0.15, 0.2) is 0 Å². The summed E-state index contributed by atoms with van der Waals surface area (Å²) in [5, 5.41) is 0. The number of hydrogen-bond donors (Lipinski definition) is 0. The second-order valence-corrected chi connectivity index (χ2v) is 4.04. The number of esters is 1. The molecule has 0 radical (unpaired) electrons. The Balaban J connectivity index is 3.03. The van der Waals surface area contributed by atoms with Gasteiger partial charge in [0.05, 0.1) is 19.8 Å². The van der Waals surface area contributed by atoms with Crippen molar-refractivity contribution >= 4 is 11.8 Å². The molecule has 5 nitrogen and oxygen atoms in total. The first kappa shape index (κ1) is 16.9. The molecule has 0 fully saturated rings. The van der Waals surface area contributed by atoms with Crippen LogP contribution in [-0.2, 0) is 9.53 Å². The van der Waals surface area contributed by atoms with E-state index in [1.807, 2.05) is 0 Å². The zero-order chi connectivity index (χ0) is 15.8. The van der Waals surface area contributed by atoms with Gasteiger partial charge in [-0.25, -0.2) is 9.18 Å². The number of ether oxygens (including phenoxy) is 3. The molecule has 0 N–H and O–H groups in total. The number of benzene rings is 1. The van der Waals surface area contributed by atoms with Gasteiger partial charge in [-0.15, -0.1) is 0 Å². The molecule has 1 unspecified atom stereocenters. The van der Waals surface area contributed by atoms with Crippen molar-refractivity contribution in [2.75, 3.05) is 19.8 Å². The van der Waals surface area contributed by atoms with E-state index in [1.54, 1.807) is 19.9 Å². The van der Waals surface area contributed by atoms with Gasteiger partial charge in [0.1, 0.15) is 11.5 Å². The van der Waals surface area contributed by atoms with Crippen molar-refractivity contribution in [3.63, 3.8) is 0 Å². The van der Waals surface area contributed by atoms with Crippen molar-refractivity contribution in [1.29, 1.82) is 0 Å². The summed E-state index contributed by atoms with van der Waals surface area (Å²) in [4.78, 5) is 23.3. The van der Waals surface area contributed by atoms with Gasteiger partial charge in [-0.2, -0.15) is 0 Å². The Bertz CT molecular complexity index is 477. The zero-order valence-corrected chi connectivity index (χ0v) is 12.3. The molecule has 6 heteroatoms. The number of rotatable bonds is 8. The second-order valence-electron chi connectivity index (χ2n) is 4.04. The molecule has 116 valence electrons. The summed E-state index contributed by atoms with van der Waals surface area (Å²) in [6.07, 6.45) is -2.35. The number of ketones is 1. The third-order valence-electron chi connectivity index (χ3n) is 2.51. The Morgan fingerprint density at radius 2 is 1.52 bits per heavy atom. The summed E-state index contributed by atoms with van der Waals surface area (Å²) < 4.78 is 28.9. The quantitative estimate of drug-likeness (QED) is 0.419. The number of carbonyl (C=O) groups excluding carboxylic acids is 2. The standard InChI is InChI=1S/C15H19FO5/c1-4-19-11-7-10(8-12(9-11)20-5-2)14(17)13(16)15(18)21-6-3/h7-9,13H,4-6H2,1-3H3. The van der Waals surface area contributed by atoms with E-state index in [9.17, 15) is 14.0 Å². The maximum absolute atomic E-state index is 13.8. The fraction of sp³-hybridized carbons (Fsp3) is 0.467. The van der Waals surface area contributed by atoms with Crippen LogP contribution < -0.4 is 9.47 Å². The normalized spacial score (nSPS) is 11.6. The molecule has 0 saturated carbocycles. The fourth-order valence-corrected chi connectivity index (χ4v) is 1.68. The molecule has 1 aromatic rings. The largest absolute Gasteiger partial charge is 0.494 e. The minimum Gasteiger partial charge on any atom is -0.494 e. The first-order chi connectivity index (χ1) is 10.0. The van der Waals surface area contributed by atoms with Gasteiger partial charge >= 0.3 is 5.97 Å². The highest BCUT2D eigenvalue weighted by molar-refractivity contribution is 6.11. The molecule has 0 aliphatic carbocycles. The zero-order valence-electron chi connectivity index (χ0n) is 12.3. The van der Waals surface area contributed by atoms with Gasteiger partial charge in [0.25, 0.3) is 6.17 Å². The van der Waals surface area contributed by atoms with Crippen LogP contribution in [0.3, 0.4) is 0 Å². The summed E-state index contributed by atoms with van der Waals surface area (Å²) in [5.41, 5.74) is 0.00459. The summed E-state index contributed by atoms with van der Waals surface area (Å²) in [6, 6.07) is 4.35. The topological polar surface area (TPSA) is 61.8 Å². The first-order valence-corrected chi connectivity index (χ1v) is 6.79. The molecule has 21 heavy (non-hydrogen) atoms. The van der Waals surface area contributed by atoms with E-state index in [0.29, 0.717) is 24.7 Å². The van der Waals surface area contributed by atoms with Crippen molar-refractivity contribution in [1.82, 2.24) is 0 Å². The van der Waals surface area contributed by atoms with Gasteiger partial charge < -0.3 is 14.2 Å². The van der Waals surface area contributed by atoms with E-state index in [1.165, 1.54) is 19.1 Å². The van der Waals surface area contributed by atoms with Crippen LogP contribution in [0.5, 0.6) is 11.5 Å². The highest BCUT2D eigenvalue weighted by Gasteiger charge is 2.29. The second kappa shape index (κ2) is 8.24. The van der Waals surface area contributed by atoms with Crippen LogP contribution in [0.4, 0.5) is 4.39 Å². The Morgan fingerprint density at radius 3 is 1.95 bits per heavy atom. The summed E-state index contributed by atoms with van der Waals surface area (Å²) in [5.74, 6) is -1.41. The van der Waals surface area contributed by atoms with Crippen LogP contribution in [0.15, 0.2) is 18.2 Å². The van der Waals surface area contributed by atoms with Crippen LogP contribution in [0, 0.1) is 0 Å². The maximum atomic E-state index is 13.8. The van der Waals surface area contributed by atoms with Crippen LogP contribution in [0.2, 0.25) is 0 Å². The first-order valence-electron chi connectivity index (χ1n) is 6.79. The molecular weight excluding hydrogens is 279 g/mol. The molecule has 0 heterocycles. The van der Waals surface area contributed by atoms with Crippen LogP contribution in [0.1, 0.15) is 31.1 Å². The molecule has 0 spiro atoms.